The number of fused-ring (bicyclic) bond motifs is 1. The first kappa shape index (κ1) is 18.3. The Morgan fingerprint density at radius 1 is 1.19 bits per heavy atom. The van der Waals surface area contributed by atoms with Gasteiger partial charge in [-0.3, -0.25) is 9.78 Å². The molecule has 7 nitrogen and oxygen atoms in total. The number of carbonyl (C=O) groups is 1. The van der Waals surface area contributed by atoms with Crippen LogP contribution < -0.4 is 11.5 Å². The van der Waals surface area contributed by atoms with Crippen LogP contribution in [0.25, 0.3) is 11.1 Å². The summed E-state index contributed by atoms with van der Waals surface area (Å²) in [6.45, 7) is 3.99. The summed E-state index contributed by atoms with van der Waals surface area (Å²) in [4.78, 5) is 31.2. The van der Waals surface area contributed by atoms with E-state index >= 15 is 0 Å². The van der Waals surface area contributed by atoms with E-state index in [1.54, 1.807) is 12.1 Å². The predicted octanol–water partition coefficient (Wildman–Crippen LogP) is 1.47. The molecule has 1 amide bonds. The summed E-state index contributed by atoms with van der Waals surface area (Å²) in [6.07, 6.45) is 6.47. The highest BCUT2D eigenvalue weighted by Gasteiger charge is 2.29. The average Bonchev–Trinajstić information content (AvgIpc) is 3.07. The topological polar surface area (TPSA) is 95.6 Å². The molecule has 0 aliphatic carbocycles. The van der Waals surface area contributed by atoms with Gasteiger partial charge in [0.2, 0.25) is 5.91 Å². The monoisotopic (exact) mass is 372 g/mol. The maximum absolute atomic E-state index is 12.8. The van der Waals surface area contributed by atoms with E-state index in [1.165, 1.54) is 32.4 Å². The van der Waals surface area contributed by atoms with E-state index in [1.807, 2.05) is 11.0 Å². The van der Waals surface area contributed by atoms with Gasteiger partial charge in [0.25, 0.3) is 0 Å². The van der Waals surface area contributed by atoms with Crippen molar-refractivity contribution in [2.24, 2.45) is 5.73 Å². The average molecular weight is 372 g/mol. The van der Waals surface area contributed by atoms with Crippen molar-refractivity contribution in [3.63, 3.8) is 0 Å². The lowest BCUT2D eigenvalue weighted by Crippen LogP contribution is -2.52. The van der Waals surface area contributed by atoms with Gasteiger partial charge >= 0.3 is 5.76 Å². The quantitative estimate of drug-likeness (QED) is 0.847. The number of nitrogens with two attached hydrogens (primary N) is 1. The van der Waals surface area contributed by atoms with E-state index in [0.717, 1.165) is 31.5 Å². The summed E-state index contributed by atoms with van der Waals surface area (Å²) in [5.41, 5.74) is 8.26. The number of aromatic amines is 1. The van der Waals surface area contributed by atoms with Gasteiger partial charge < -0.3 is 20.0 Å². The zero-order chi connectivity index (χ0) is 18.8. The Bertz CT molecular complexity index is 844. The van der Waals surface area contributed by atoms with Crippen LogP contribution in [-0.2, 0) is 11.2 Å². The maximum Gasteiger partial charge on any atom is 0.417 e. The molecule has 0 bridgehead atoms. The molecule has 3 N–H and O–H groups in total. The minimum absolute atomic E-state index is 0.0164. The van der Waals surface area contributed by atoms with Gasteiger partial charge in [0, 0.05) is 19.1 Å². The highest BCUT2D eigenvalue weighted by atomic mass is 16.4. The fourth-order valence-corrected chi connectivity index (χ4v) is 4.43. The lowest BCUT2D eigenvalue weighted by Gasteiger charge is -2.40. The van der Waals surface area contributed by atoms with Gasteiger partial charge in [-0.25, -0.2) is 4.79 Å². The van der Waals surface area contributed by atoms with Gasteiger partial charge in [0.15, 0.2) is 5.58 Å². The van der Waals surface area contributed by atoms with Crippen molar-refractivity contribution >= 4 is 17.0 Å². The fraction of sp³-hybridized carbons (Fsp3) is 0.600. The van der Waals surface area contributed by atoms with Crippen LogP contribution in [0, 0.1) is 0 Å². The van der Waals surface area contributed by atoms with Crippen molar-refractivity contribution in [2.45, 2.75) is 50.6 Å². The Morgan fingerprint density at radius 2 is 1.93 bits per heavy atom. The van der Waals surface area contributed by atoms with Gasteiger partial charge in [0.05, 0.1) is 11.6 Å². The SMILES string of the molecule is NC(Cc1ccc2[nH]c(=O)oc2c1)C(=O)N1CCC(N2CCCCC2)CC1. The van der Waals surface area contributed by atoms with Crippen LogP contribution in [0.1, 0.15) is 37.7 Å². The van der Waals surface area contributed by atoms with E-state index in [2.05, 4.69) is 9.88 Å². The van der Waals surface area contributed by atoms with Gasteiger partial charge in [-0.05, 0) is 62.9 Å². The molecule has 3 heterocycles. The predicted molar refractivity (Wildman–Crippen MR) is 104 cm³/mol. The second-order valence-electron chi connectivity index (χ2n) is 7.81. The van der Waals surface area contributed by atoms with Crippen molar-refractivity contribution in [1.82, 2.24) is 14.8 Å². The van der Waals surface area contributed by atoms with E-state index in [0.29, 0.717) is 23.6 Å². The number of benzene rings is 1. The summed E-state index contributed by atoms with van der Waals surface area (Å²) in [6, 6.07) is 5.49. The van der Waals surface area contributed by atoms with E-state index in [4.69, 9.17) is 10.2 Å². The first-order chi connectivity index (χ1) is 13.1. The molecule has 1 unspecified atom stereocenters. The zero-order valence-electron chi connectivity index (χ0n) is 15.7. The number of nitrogens with one attached hydrogen (secondary N) is 1. The number of aromatic nitrogens is 1. The summed E-state index contributed by atoms with van der Waals surface area (Å²) in [5, 5.41) is 0. The third kappa shape index (κ3) is 4.09. The van der Waals surface area contributed by atoms with Crippen LogP contribution >= 0.6 is 0 Å². The lowest BCUT2D eigenvalue weighted by atomic mass is 9.98. The third-order valence-corrected chi connectivity index (χ3v) is 5.94. The van der Waals surface area contributed by atoms with Crippen LogP contribution in [0.2, 0.25) is 0 Å². The van der Waals surface area contributed by atoms with Crippen LogP contribution in [0.4, 0.5) is 0 Å². The number of oxazole rings is 1. The number of H-pyrrole nitrogens is 1. The smallest absolute Gasteiger partial charge is 0.408 e. The molecule has 1 aromatic heterocycles. The Balaban J connectivity index is 1.32. The molecule has 4 rings (SSSR count). The van der Waals surface area contributed by atoms with Crippen molar-refractivity contribution < 1.29 is 9.21 Å². The molecule has 0 spiro atoms. The van der Waals surface area contributed by atoms with E-state index in [-0.39, 0.29) is 5.91 Å². The Kier molecular flexibility index (Phi) is 5.31. The van der Waals surface area contributed by atoms with Crippen molar-refractivity contribution in [3.8, 4) is 0 Å². The van der Waals surface area contributed by atoms with Crippen LogP contribution in [0.5, 0.6) is 0 Å². The molecule has 146 valence electrons. The fourth-order valence-electron chi connectivity index (χ4n) is 4.43. The molecular weight excluding hydrogens is 344 g/mol. The molecule has 2 fully saturated rings. The highest BCUT2D eigenvalue weighted by Crippen LogP contribution is 2.21. The zero-order valence-corrected chi connectivity index (χ0v) is 15.7. The van der Waals surface area contributed by atoms with Crippen molar-refractivity contribution in [2.75, 3.05) is 26.2 Å². The second kappa shape index (κ2) is 7.86. The third-order valence-electron chi connectivity index (χ3n) is 5.94. The van der Waals surface area contributed by atoms with Crippen LogP contribution in [0.15, 0.2) is 27.4 Å². The van der Waals surface area contributed by atoms with Gasteiger partial charge in [-0.2, -0.15) is 0 Å². The summed E-state index contributed by atoms with van der Waals surface area (Å²) in [7, 11) is 0. The number of piperidine rings is 2. The minimum atomic E-state index is -0.570. The Hall–Kier alpha value is -2.12. The number of nitrogens with zero attached hydrogens (tertiary/aromatic N) is 2. The number of hydrogen-bond donors (Lipinski definition) is 2. The van der Waals surface area contributed by atoms with E-state index < -0.39 is 11.8 Å². The normalized spacial score (nSPS) is 20.9. The summed E-state index contributed by atoms with van der Waals surface area (Å²) in [5.74, 6) is -0.457. The number of rotatable bonds is 4. The molecular formula is C20H28N4O3. The van der Waals surface area contributed by atoms with Crippen LogP contribution in [-0.4, -0.2) is 59.0 Å². The molecule has 1 atom stereocenters. The molecule has 7 heteroatoms. The Labute approximate surface area is 158 Å². The highest BCUT2D eigenvalue weighted by molar-refractivity contribution is 5.82. The van der Waals surface area contributed by atoms with Crippen LogP contribution in [0.3, 0.4) is 0 Å². The first-order valence-corrected chi connectivity index (χ1v) is 10.0. The summed E-state index contributed by atoms with van der Waals surface area (Å²) < 4.78 is 5.08. The molecule has 0 saturated carbocycles. The molecule has 2 aliphatic rings. The van der Waals surface area contributed by atoms with Crippen molar-refractivity contribution in [1.29, 1.82) is 0 Å². The molecule has 27 heavy (non-hydrogen) atoms. The minimum Gasteiger partial charge on any atom is -0.408 e. The van der Waals surface area contributed by atoms with Gasteiger partial charge in [0.1, 0.15) is 0 Å². The molecule has 2 aromatic rings. The number of carbonyl (C=O) groups excluding carboxylic acids is 1. The molecule has 2 saturated heterocycles. The largest absolute Gasteiger partial charge is 0.417 e. The van der Waals surface area contributed by atoms with Crippen molar-refractivity contribution in [3.05, 3.63) is 34.3 Å². The standard InChI is InChI=1S/C20H28N4O3/c21-16(12-14-4-5-17-18(13-14)27-20(26)22-17)19(25)24-10-6-15(7-11-24)23-8-2-1-3-9-23/h4-5,13,15-16H,1-3,6-12,21H2,(H,22,26). The first-order valence-electron chi connectivity index (χ1n) is 10.0. The van der Waals surface area contributed by atoms with E-state index in [9.17, 15) is 9.59 Å². The summed E-state index contributed by atoms with van der Waals surface area (Å²) >= 11 is 0. The second-order valence-corrected chi connectivity index (χ2v) is 7.81. The molecule has 1 aromatic carbocycles. The Morgan fingerprint density at radius 3 is 2.67 bits per heavy atom. The van der Waals surface area contributed by atoms with Gasteiger partial charge in [-0.1, -0.05) is 12.5 Å². The number of likely N-dealkylation sites (tertiary alicyclic amines) is 2. The lowest BCUT2D eigenvalue weighted by molar-refractivity contribution is -0.134. The maximum atomic E-state index is 12.8. The number of amides is 1. The number of hydrogen-bond acceptors (Lipinski definition) is 5. The molecule has 2 aliphatic heterocycles. The molecule has 0 radical (unpaired) electrons. The van der Waals surface area contributed by atoms with Gasteiger partial charge in [-0.15, -0.1) is 0 Å².